The molecule has 0 radical (unpaired) electrons. The monoisotopic (exact) mass is 484 g/mol. The van der Waals surface area contributed by atoms with Gasteiger partial charge >= 0.3 is 0 Å². The number of nitrogens with one attached hydrogen (secondary N) is 2. The highest BCUT2D eigenvalue weighted by Crippen LogP contribution is 2.33. The number of benzene rings is 1. The van der Waals surface area contributed by atoms with Gasteiger partial charge in [-0.3, -0.25) is 4.79 Å². The van der Waals surface area contributed by atoms with Crippen molar-refractivity contribution in [2.75, 3.05) is 37.9 Å². The third kappa shape index (κ3) is 6.39. The van der Waals surface area contributed by atoms with E-state index < -0.39 is 5.82 Å². The first-order valence-corrected chi connectivity index (χ1v) is 11.4. The minimum Gasteiger partial charge on any atom is -0.475 e. The van der Waals surface area contributed by atoms with Gasteiger partial charge in [0.1, 0.15) is 17.3 Å². The number of rotatable bonds is 10. The van der Waals surface area contributed by atoms with Crippen molar-refractivity contribution in [3.8, 4) is 17.1 Å². The molecule has 2 heterocycles. The lowest BCUT2D eigenvalue weighted by Crippen LogP contribution is -2.16. The lowest BCUT2D eigenvalue weighted by Gasteiger charge is -2.15. The van der Waals surface area contributed by atoms with E-state index in [1.807, 2.05) is 14.1 Å². The molecule has 0 bridgehead atoms. The summed E-state index contributed by atoms with van der Waals surface area (Å²) >= 11 is 6.06. The van der Waals surface area contributed by atoms with Crippen LogP contribution in [0.15, 0.2) is 42.6 Å². The number of carbonyl (C=O) groups is 1. The van der Waals surface area contributed by atoms with Crippen LogP contribution in [0.3, 0.4) is 0 Å². The maximum atomic E-state index is 14.5. The van der Waals surface area contributed by atoms with E-state index in [2.05, 4.69) is 30.7 Å². The van der Waals surface area contributed by atoms with E-state index in [9.17, 15) is 9.18 Å². The number of amides is 1. The third-order valence-corrected chi connectivity index (χ3v) is 5.43. The quantitative estimate of drug-likeness (QED) is 0.401. The van der Waals surface area contributed by atoms with Gasteiger partial charge in [0, 0.05) is 41.0 Å². The molecule has 178 valence electrons. The van der Waals surface area contributed by atoms with E-state index in [0.29, 0.717) is 34.5 Å². The van der Waals surface area contributed by atoms with Crippen LogP contribution >= 0.6 is 11.6 Å². The normalized spacial score (nSPS) is 13.1. The van der Waals surface area contributed by atoms with E-state index in [1.54, 1.807) is 24.4 Å². The van der Waals surface area contributed by atoms with E-state index >= 15 is 0 Å². The van der Waals surface area contributed by atoms with Crippen molar-refractivity contribution in [3.63, 3.8) is 0 Å². The Morgan fingerprint density at radius 1 is 1.21 bits per heavy atom. The summed E-state index contributed by atoms with van der Waals surface area (Å²) in [6, 6.07) is 9.39. The van der Waals surface area contributed by atoms with Crippen LogP contribution in [-0.4, -0.2) is 53.2 Å². The number of anilines is 3. The topological polar surface area (TPSA) is 92.3 Å². The van der Waals surface area contributed by atoms with Crippen molar-refractivity contribution >= 4 is 34.7 Å². The van der Waals surface area contributed by atoms with Crippen molar-refractivity contribution in [2.24, 2.45) is 5.92 Å². The lowest BCUT2D eigenvalue weighted by molar-refractivity contribution is -0.117. The van der Waals surface area contributed by atoms with Gasteiger partial charge in [-0.05, 0) is 63.7 Å². The van der Waals surface area contributed by atoms with Gasteiger partial charge in [0.15, 0.2) is 0 Å². The molecule has 1 saturated carbocycles. The molecular weight excluding hydrogens is 459 g/mol. The summed E-state index contributed by atoms with van der Waals surface area (Å²) in [6.45, 7) is 1.29. The molecule has 1 aliphatic carbocycles. The van der Waals surface area contributed by atoms with Gasteiger partial charge in [-0.15, -0.1) is 10.2 Å². The average Bonchev–Trinajstić information content (AvgIpc) is 3.65. The van der Waals surface area contributed by atoms with Gasteiger partial charge in [0.25, 0.3) is 5.88 Å². The average molecular weight is 485 g/mol. The minimum absolute atomic E-state index is 0.0288. The molecule has 2 aromatic heterocycles. The molecule has 0 saturated heterocycles. The summed E-state index contributed by atoms with van der Waals surface area (Å²) in [4.78, 5) is 18.4. The second kappa shape index (κ2) is 10.8. The number of halogens is 2. The van der Waals surface area contributed by atoms with E-state index in [1.165, 1.54) is 18.2 Å². The summed E-state index contributed by atoms with van der Waals surface area (Å²) < 4.78 is 20.3. The van der Waals surface area contributed by atoms with Gasteiger partial charge in [0.2, 0.25) is 5.91 Å². The Morgan fingerprint density at radius 2 is 2.03 bits per heavy atom. The summed E-state index contributed by atoms with van der Waals surface area (Å²) in [5.74, 6) is 0.307. The second-order valence-corrected chi connectivity index (χ2v) is 8.83. The molecule has 0 unspecified atom stereocenters. The molecule has 3 aromatic rings. The summed E-state index contributed by atoms with van der Waals surface area (Å²) in [7, 11) is 3.98. The molecule has 8 nitrogen and oxygen atoms in total. The Morgan fingerprint density at radius 3 is 2.79 bits per heavy atom. The number of nitrogens with zero attached hydrogens (tertiary/aromatic N) is 4. The fourth-order valence-corrected chi connectivity index (χ4v) is 3.43. The molecule has 1 aromatic carbocycles. The predicted octanol–water partition coefficient (Wildman–Crippen LogP) is 4.75. The molecule has 4 rings (SSSR count). The van der Waals surface area contributed by atoms with Gasteiger partial charge in [-0.25, -0.2) is 9.37 Å². The first-order valence-electron chi connectivity index (χ1n) is 11.0. The highest BCUT2D eigenvalue weighted by Gasteiger charge is 2.29. The molecule has 0 spiro atoms. The molecule has 0 aliphatic heterocycles. The number of ether oxygens (including phenoxy) is 1. The van der Waals surface area contributed by atoms with Crippen LogP contribution in [0.25, 0.3) is 11.3 Å². The minimum atomic E-state index is -0.460. The van der Waals surface area contributed by atoms with Crippen molar-refractivity contribution in [3.05, 3.63) is 53.4 Å². The van der Waals surface area contributed by atoms with Crippen LogP contribution in [-0.2, 0) is 4.79 Å². The van der Waals surface area contributed by atoms with Crippen molar-refractivity contribution in [2.45, 2.75) is 19.3 Å². The zero-order chi connectivity index (χ0) is 24.1. The number of pyridine rings is 1. The lowest BCUT2D eigenvalue weighted by atomic mass is 10.1. The molecule has 10 heteroatoms. The third-order valence-electron chi connectivity index (χ3n) is 5.19. The molecule has 1 fully saturated rings. The SMILES string of the molecule is CN(C)CCCOc1nnc(-c2cc(Cl)ccc2F)cc1Nc1ccnc(NC(=O)C2CC2)c1. The number of aromatic nitrogens is 3. The first kappa shape index (κ1) is 23.8. The van der Waals surface area contributed by atoms with Crippen LogP contribution in [0.5, 0.6) is 5.88 Å². The van der Waals surface area contributed by atoms with Crippen molar-refractivity contribution < 1.29 is 13.9 Å². The Bertz CT molecular complexity index is 1170. The zero-order valence-corrected chi connectivity index (χ0v) is 19.8. The zero-order valence-electron chi connectivity index (χ0n) is 19.0. The Labute approximate surface area is 202 Å². The molecule has 1 amide bonds. The molecule has 1 aliphatic rings. The van der Waals surface area contributed by atoms with Crippen LogP contribution in [0, 0.1) is 11.7 Å². The van der Waals surface area contributed by atoms with Gasteiger partial charge in [-0.1, -0.05) is 11.6 Å². The fraction of sp³-hybridized carbons (Fsp3) is 0.333. The molecule has 0 atom stereocenters. The maximum absolute atomic E-state index is 14.5. The van der Waals surface area contributed by atoms with Crippen molar-refractivity contribution in [1.82, 2.24) is 20.1 Å². The van der Waals surface area contributed by atoms with Crippen LogP contribution < -0.4 is 15.4 Å². The van der Waals surface area contributed by atoms with Crippen LogP contribution in [0.4, 0.5) is 21.6 Å². The van der Waals surface area contributed by atoms with E-state index in [0.717, 1.165) is 25.8 Å². The first-order chi connectivity index (χ1) is 16.4. The molecule has 34 heavy (non-hydrogen) atoms. The van der Waals surface area contributed by atoms with E-state index in [4.69, 9.17) is 16.3 Å². The summed E-state index contributed by atoms with van der Waals surface area (Å²) in [5.41, 5.74) is 1.69. The number of carbonyl (C=O) groups excluding carboxylic acids is 1. The van der Waals surface area contributed by atoms with Gasteiger partial charge in [0.05, 0.1) is 12.3 Å². The van der Waals surface area contributed by atoms with E-state index in [-0.39, 0.29) is 23.3 Å². The number of hydrogen-bond acceptors (Lipinski definition) is 7. The predicted molar refractivity (Wildman–Crippen MR) is 130 cm³/mol. The molecule has 2 N–H and O–H groups in total. The van der Waals surface area contributed by atoms with Crippen LogP contribution in [0.1, 0.15) is 19.3 Å². The fourth-order valence-electron chi connectivity index (χ4n) is 3.26. The highest BCUT2D eigenvalue weighted by molar-refractivity contribution is 6.30. The Hall–Kier alpha value is -3.30. The number of hydrogen-bond donors (Lipinski definition) is 2. The molecular formula is C24H26ClFN6O2. The largest absolute Gasteiger partial charge is 0.475 e. The summed E-state index contributed by atoms with van der Waals surface area (Å²) in [6.07, 6.45) is 4.20. The standard InChI is InChI=1S/C24H26ClFN6O2/c1-32(2)10-3-11-34-24-21(14-20(30-31-24)18-12-16(25)6-7-19(18)26)28-17-8-9-27-22(13-17)29-23(33)15-4-5-15/h6-9,12-15H,3-5,10-11H2,1-2H3,(H2,27,28,29,30,33). The second-order valence-electron chi connectivity index (χ2n) is 8.40. The summed E-state index contributed by atoms with van der Waals surface area (Å²) in [5, 5.41) is 14.8. The van der Waals surface area contributed by atoms with Crippen LogP contribution in [0.2, 0.25) is 5.02 Å². The van der Waals surface area contributed by atoms with Gasteiger partial charge in [-0.2, -0.15) is 0 Å². The van der Waals surface area contributed by atoms with Crippen molar-refractivity contribution in [1.29, 1.82) is 0 Å². The maximum Gasteiger partial charge on any atom is 0.257 e. The highest BCUT2D eigenvalue weighted by atomic mass is 35.5. The Kier molecular flexibility index (Phi) is 7.54. The Balaban J connectivity index is 1.59. The smallest absolute Gasteiger partial charge is 0.257 e. The van der Waals surface area contributed by atoms with Gasteiger partial charge < -0.3 is 20.3 Å².